The summed E-state index contributed by atoms with van der Waals surface area (Å²) in [7, 11) is 0. The highest BCUT2D eigenvalue weighted by molar-refractivity contribution is 4.61. The normalized spacial score (nSPS) is 21.5. The first-order chi connectivity index (χ1) is 10.4. The van der Waals surface area contributed by atoms with Crippen LogP contribution in [0.15, 0.2) is 0 Å². The zero-order valence-corrected chi connectivity index (χ0v) is 15.5. The lowest BCUT2D eigenvalue weighted by atomic mass is 9.97. The van der Waals surface area contributed by atoms with Crippen LogP contribution in [0.2, 0.25) is 0 Å². The van der Waals surface area contributed by atoms with Gasteiger partial charge in [-0.15, -0.1) is 0 Å². The Kier molecular flexibility index (Phi) is 15.7. The van der Waals surface area contributed by atoms with Crippen LogP contribution in [0.25, 0.3) is 0 Å². The summed E-state index contributed by atoms with van der Waals surface area (Å²) in [6.45, 7) is 7.57. The van der Waals surface area contributed by atoms with E-state index >= 15 is 0 Å². The molecule has 1 aliphatic rings. The lowest BCUT2D eigenvalue weighted by Gasteiger charge is -2.32. The molecule has 1 nitrogen and oxygen atoms in total. The van der Waals surface area contributed by atoms with Gasteiger partial charge in [0.15, 0.2) is 0 Å². The van der Waals surface area contributed by atoms with Gasteiger partial charge < -0.3 is 9.60 Å². The minimum absolute atomic E-state index is 0. The summed E-state index contributed by atoms with van der Waals surface area (Å²) >= 11 is 0. The second kappa shape index (κ2) is 15.8. The molecule has 2 unspecified atom stereocenters. The van der Waals surface area contributed by atoms with Gasteiger partial charge in [0.25, 0.3) is 0 Å². The van der Waals surface area contributed by atoms with Gasteiger partial charge in [-0.05, 0) is 38.5 Å². The van der Waals surface area contributed by atoms with Gasteiger partial charge in [0, 0.05) is 0 Å². The van der Waals surface area contributed by atoms with Crippen molar-refractivity contribution < 1.29 is 9.60 Å². The Hall–Kier alpha value is -0.110. The molecule has 0 aromatic heterocycles. The summed E-state index contributed by atoms with van der Waals surface area (Å²) in [6.07, 6.45) is 22.0. The molecule has 0 spiro atoms. The maximum atomic E-state index is 2.35. The first-order valence-corrected chi connectivity index (χ1v) is 10.2. The topological polar surface area (TPSA) is 4.44 Å². The van der Waals surface area contributed by atoms with Crippen molar-refractivity contribution in [1.29, 1.82) is 0 Å². The average molecular weight is 316 g/mol. The molecule has 1 heterocycles. The number of nitrogens with one attached hydrogen (secondary N) is 1. The van der Waals surface area contributed by atoms with Crippen LogP contribution in [-0.4, -0.2) is 19.1 Å². The highest BCUT2D eigenvalue weighted by Crippen LogP contribution is 2.11. The molecular weight excluding hydrogens is 273 g/mol. The quantitative estimate of drug-likeness (QED) is 0.497. The van der Waals surface area contributed by atoms with Crippen molar-refractivity contribution in [3.63, 3.8) is 0 Å². The number of hydrogen-bond acceptors (Lipinski definition) is 0. The zero-order valence-electron chi connectivity index (χ0n) is 15.5. The minimum Gasteiger partial charge on any atom is -1.00 e. The van der Waals surface area contributed by atoms with E-state index in [0.29, 0.717) is 0 Å². The van der Waals surface area contributed by atoms with Crippen molar-refractivity contribution in [3.05, 3.63) is 0 Å². The van der Waals surface area contributed by atoms with Crippen molar-refractivity contribution >= 4 is 0 Å². The summed E-state index contributed by atoms with van der Waals surface area (Å²) in [5, 5.41) is 0. The second-order valence-corrected chi connectivity index (χ2v) is 7.32. The Morgan fingerprint density at radius 3 is 1.91 bits per heavy atom. The molecule has 2 atom stereocenters. The fraction of sp³-hybridized carbons (Fsp3) is 1.00. The molecule has 1 rings (SSSR count). The molecule has 2 heteroatoms. The first-order valence-electron chi connectivity index (χ1n) is 10.2. The minimum atomic E-state index is 0. The van der Waals surface area contributed by atoms with Gasteiger partial charge in [0.2, 0.25) is 0 Å². The number of quaternary nitrogens is 1. The van der Waals surface area contributed by atoms with E-state index < -0.39 is 0 Å². The van der Waals surface area contributed by atoms with E-state index in [4.69, 9.17) is 0 Å². The van der Waals surface area contributed by atoms with Crippen molar-refractivity contribution in [1.82, 2.24) is 0 Å². The molecular formula is C20H42FN. The van der Waals surface area contributed by atoms with Crippen LogP contribution in [0.4, 0.5) is 0 Å². The predicted octanol–water partition coefficient (Wildman–Crippen LogP) is 2.15. The van der Waals surface area contributed by atoms with Crippen molar-refractivity contribution in [2.45, 2.75) is 116 Å². The van der Waals surface area contributed by atoms with Gasteiger partial charge >= 0.3 is 0 Å². The lowest BCUT2D eigenvalue weighted by molar-refractivity contribution is -0.931. The van der Waals surface area contributed by atoms with Crippen LogP contribution in [0, 0.1) is 0 Å². The Bertz CT molecular complexity index is 218. The molecule has 0 amide bonds. The molecule has 1 fully saturated rings. The fourth-order valence-electron chi connectivity index (χ4n) is 4.02. The average Bonchev–Trinajstić information content (AvgIpc) is 2.51. The first kappa shape index (κ1) is 21.9. The standard InChI is InChI=1S/C20H41N.FH/c1-3-5-6-7-8-9-10-11-12-14-18-21-19-15-13-17-20(21)16-4-2;/h20H,3-19H2,1-2H3;1H. The SMILES string of the molecule is CCCCCCCCCCCC[NH+]1CCCCC1CCC.[F-]. The Morgan fingerprint density at radius 1 is 0.727 bits per heavy atom. The third-order valence-electron chi connectivity index (χ3n) is 5.37. The van der Waals surface area contributed by atoms with Crippen LogP contribution in [0.5, 0.6) is 0 Å². The van der Waals surface area contributed by atoms with E-state index in [0.717, 1.165) is 6.04 Å². The van der Waals surface area contributed by atoms with Gasteiger partial charge in [-0.3, -0.25) is 0 Å². The van der Waals surface area contributed by atoms with E-state index in [9.17, 15) is 0 Å². The van der Waals surface area contributed by atoms with E-state index in [1.54, 1.807) is 0 Å². The highest BCUT2D eigenvalue weighted by atomic mass is 19.0. The summed E-state index contributed by atoms with van der Waals surface area (Å²) in [5.41, 5.74) is 0. The maximum absolute atomic E-state index is 2.35. The Balaban J connectivity index is 0.00000441. The van der Waals surface area contributed by atoms with Crippen LogP contribution < -0.4 is 9.60 Å². The molecule has 0 aromatic rings. The van der Waals surface area contributed by atoms with E-state index in [2.05, 4.69) is 13.8 Å². The van der Waals surface area contributed by atoms with Gasteiger partial charge in [0.05, 0.1) is 19.1 Å². The van der Waals surface area contributed by atoms with E-state index in [1.165, 1.54) is 109 Å². The third-order valence-corrected chi connectivity index (χ3v) is 5.37. The van der Waals surface area contributed by atoms with Crippen LogP contribution in [0.3, 0.4) is 0 Å². The van der Waals surface area contributed by atoms with Gasteiger partial charge in [0.1, 0.15) is 0 Å². The maximum Gasteiger partial charge on any atom is 0.0874 e. The highest BCUT2D eigenvalue weighted by Gasteiger charge is 2.24. The van der Waals surface area contributed by atoms with Gasteiger partial charge in [-0.2, -0.15) is 0 Å². The molecule has 0 bridgehead atoms. The number of rotatable bonds is 13. The summed E-state index contributed by atoms with van der Waals surface area (Å²) in [4.78, 5) is 1.95. The molecule has 1 aliphatic heterocycles. The molecule has 0 radical (unpaired) electrons. The van der Waals surface area contributed by atoms with Crippen molar-refractivity contribution in [2.24, 2.45) is 0 Å². The Morgan fingerprint density at radius 2 is 1.32 bits per heavy atom. The predicted molar refractivity (Wildman–Crippen MR) is 95.1 cm³/mol. The summed E-state index contributed by atoms with van der Waals surface area (Å²) in [6, 6.07) is 1.00. The molecule has 1 saturated heterocycles. The third kappa shape index (κ3) is 10.6. The lowest BCUT2D eigenvalue weighted by Crippen LogP contribution is -3.16. The monoisotopic (exact) mass is 315 g/mol. The molecule has 22 heavy (non-hydrogen) atoms. The van der Waals surface area contributed by atoms with Gasteiger partial charge in [-0.1, -0.05) is 71.6 Å². The van der Waals surface area contributed by atoms with Crippen LogP contribution >= 0.6 is 0 Å². The number of halogens is 1. The van der Waals surface area contributed by atoms with Gasteiger partial charge in [-0.25, -0.2) is 0 Å². The number of hydrogen-bond donors (Lipinski definition) is 1. The second-order valence-electron chi connectivity index (χ2n) is 7.32. The molecule has 0 saturated carbocycles. The molecule has 0 aliphatic carbocycles. The molecule has 134 valence electrons. The van der Waals surface area contributed by atoms with E-state index in [-0.39, 0.29) is 4.70 Å². The summed E-state index contributed by atoms with van der Waals surface area (Å²) < 4.78 is 0. The van der Waals surface area contributed by atoms with E-state index in [1.807, 2.05) is 4.90 Å². The Labute approximate surface area is 139 Å². The summed E-state index contributed by atoms with van der Waals surface area (Å²) in [5.74, 6) is 0. The van der Waals surface area contributed by atoms with Crippen LogP contribution in [-0.2, 0) is 0 Å². The van der Waals surface area contributed by atoms with Crippen LogP contribution in [0.1, 0.15) is 110 Å². The van der Waals surface area contributed by atoms with Crippen molar-refractivity contribution in [3.8, 4) is 0 Å². The zero-order chi connectivity index (χ0) is 15.2. The molecule has 0 aromatic carbocycles. The number of piperidine rings is 1. The number of likely N-dealkylation sites (tertiary alicyclic amines) is 1. The number of unbranched alkanes of at least 4 members (excludes halogenated alkanes) is 9. The fourth-order valence-corrected chi connectivity index (χ4v) is 4.02. The largest absolute Gasteiger partial charge is 1.00 e. The van der Waals surface area contributed by atoms with Crippen molar-refractivity contribution in [2.75, 3.05) is 13.1 Å². The smallest absolute Gasteiger partial charge is 0.0874 e. The molecule has 1 N–H and O–H groups in total.